The zero-order chi connectivity index (χ0) is 18.5. The molecule has 0 aliphatic carbocycles. The van der Waals surface area contributed by atoms with Crippen molar-refractivity contribution in [1.29, 1.82) is 0 Å². The van der Waals surface area contributed by atoms with Crippen LogP contribution in [-0.4, -0.2) is 58.0 Å². The summed E-state index contributed by atoms with van der Waals surface area (Å²) in [6.45, 7) is 3.64. The Morgan fingerprint density at radius 3 is 2.52 bits per heavy atom. The fourth-order valence-corrected chi connectivity index (χ4v) is 3.26. The summed E-state index contributed by atoms with van der Waals surface area (Å²) >= 11 is 0. The molecule has 27 heavy (non-hydrogen) atoms. The topological polar surface area (TPSA) is 68.1 Å². The van der Waals surface area contributed by atoms with E-state index in [2.05, 4.69) is 25.7 Å². The van der Waals surface area contributed by atoms with Gasteiger partial charge in [-0.2, -0.15) is 4.68 Å². The lowest BCUT2D eigenvalue weighted by Crippen LogP contribution is -2.41. The second kappa shape index (κ2) is 8.24. The van der Waals surface area contributed by atoms with Crippen LogP contribution >= 0.6 is 0 Å². The van der Waals surface area contributed by atoms with Crippen LogP contribution in [-0.2, 0) is 4.74 Å². The molecule has 0 spiro atoms. The molecule has 2 heterocycles. The molecule has 140 valence electrons. The Morgan fingerprint density at radius 1 is 1.04 bits per heavy atom. The van der Waals surface area contributed by atoms with E-state index in [1.54, 1.807) is 4.68 Å². The Kier molecular flexibility index (Phi) is 5.36. The van der Waals surface area contributed by atoms with E-state index in [1.165, 1.54) is 12.1 Å². The van der Waals surface area contributed by atoms with Crippen molar-refractivity contribution in [1.82, 2.24) is 25.1 Å². The van der Waals surface area contributed by atoms with Gasteiger partial charge in [0.2, 0.25) is 5.95 Å². The third kappa shape index (κ3) is 4.12. The van der Waals surface area contributed by atoms with E-state index in [0.29, 0.717) is 25.7 Å². The predicted molar refractivity (Wildman–Crippen MR) is 99.2 cm³/mol. The molecule has 1 atom stereocenters. The first kappa shape index (κ1) is 17.6. The van der Waals surface area contributed by atoms with E-state index in [0.717, 1.165) is 24.3 Å². The minimum absolute atomic E-state index is 0.0652. The number of anilines is 1. The molecule has 0 radical (unpaired) electrons. The Balaban J connectivity index is 1.54. The van der Waals surface area contributed by atoms with Gasteiger partial charge in [-0.25, -0.2) is 4.39 Å². The molecule has 0 amide bonds. The zero-order valence-electron chi connectivity index (χ0n) is 14.8. The first-order valence-corrected chi connectivity index (χ1v) is 8.96. The zero-order valence-corrected chi connectivity index (χ0v) is 14.8. The van der Waals surface area contributed by atoms with Gasteiger partial charge in [-0.1, -0.05) is 35.4 Å². The number of halogens is 1. The van der Waals surface area contributed by atoms with Crippen molar-refractivity contribution in [2.45, 2.75) is 6.04 Å². The molecule has 1 saturated heterocycles. The highest BCUT2D eigenvalue weighted by Gasteiger charge is 2.23. The molecule has 1 aromatic heterocycles. The summed E-state index contributed by atoms with van der Waals surface area (Å²) < 4.78 is 20.5. The molecule has 0 bridgehead atoms. The van der Waals surface area contributed by atoms with Crippen molar-refractivity contribution in [3.63, 3.8) is 0 Å². The van der Waals surface area contributed by atoms with Crippen LogP contribution in [0.5, 0.6) is 0 Å². The number of rotatable bonds is 6. The lowest BCUT2D eigenvalue weighted by molar-refractivity contribution is 0.0186. The Hall–Kier alpha value is -2.84. The van der Waals surface area contributed by atoms with Crippen LogP contribution in [0.3, 0.4) is 0 Å². The molecule has 7 nitrogen and oxygen atoms in total. The number of morpholine rings is 1. The van der Waals surface area contributed by atoms with Gasteiger partial charge in [-0.05, 0) is 40.3 Å². The van der Waals surface area contributed by atoms with Crippen LogP contribution in [0.25, 0.3) is 5.69 Å². The van der Waals surface area contributed by atoms with E-state index >= 15 is 0 Å². The van der Waals surface area contributed by atoms with Crippen molar-refractivity contribution in [2.24, 2.45) is 0 Å². The van der Waals surface area contributed by atoms with Crippen LogP contribution < -0.4 is 5.32 Å². The molecule has 1 aliphatic heterocycles. The fraction of sp³-hybridized carbons (Fsp3) is 0.316. The minimum Gasteiger partial charge on any atom is -0.379 e. The number of aromatic nitrogens is 4. The number of hydrogen-bond acceptors (Lipinski definition) is 6. The lowest BCUT2D eigenvalue weighted by atomic mass is 10.0. The van der Waals surface area contributed by atoms with Gasteiger partial charge in [0.25, 0.3) is 0 Å². The quantitative estimate of drug-likeness (QED) is 0.720. The molecule has 2 aromatic carbocycles. The third-order valence-electron chi connectivity index (χ3n) is 4.67. The van der Waals surface area contributed by atoms with E-state index in [4.69, 9.17) is 4.74 Å². The summed E-state index contributed by atoms with van der Waals surface area (Å²) in [6, 6.07) is 16.4. The number of nitrogens with one attached hydrogen (secondary N) is 1. The SMILES string of the molecule is Fc1ccc(C(CNc2nnnn2-c2ccccc2)N2CCOCC2)cc1. The third-order valence-corrected chi connectivity index (χ3v) is 4.67. The van der Waals surface area contributed by atoms with E-state index in [1.807, 2.05) is 42.5 Å². The molecule has 4 rings (SSSR count). The average molecular weight is 368 g/mol. The van der Waals surface area contributed by atoms with E-state index < -0.39 is 0 Å². The van der Waals surface area contributed by atoms with Gasteiger partial charge < -0.3 is 10.1 Å². The number of para-hydroxylation sites is 1. The number of hydrogen-bond donors (Lipinski definition) is 1. The van der Waals surface area contributed by atoms with Crippen molar-refractivity contribution < 1.29 is 9.13 Å². The Bertz CT molecular complexity index is 848. The van der Waals surface area contributed by atoms with Crippen molar-refractivity contribution >= 4 is 5.95 Å². The molecule has 1 aliphatic rings. The normalized spacial score (nSPS) is 16.2. The average Bonchev–Trinajstić information content (AvgIpc) is 3.19. The molecular weight excluding hydrogens is 347 g/mol. The molecule has 0 saturated carbocycles. The number of nitrogens with zero attached hydrogens (tertiary/aromatic N) is 5. The van der Waals surface area contributed by atoms with Gasteiger partial charge in [-0.15, -0.1) is 0 Å². The van der Waals surface area contributed by atoms with E-state index in [-0.39, 0.29) is 11.9 Å². The van der Waals surface area contributed by atoms with Gasteiger partial charge in [0.1, 0.15) is 5.82 Å². The Morgan fingerprint density at radius 2 is 1.78 bits per heavy atom. The largest absolute Gasteiger partial charge is 0.379 e. The monoisotopic (exact) mass is 368 g/mol. The number of ether oxygens (including phenoxy) is 1. The first-order chi connectivity index (χ1) is 13.3. The molecule has 8 heteroatoms. The second-order valence-electron chi connectivity index (χ2n) is 6.35. The molecule has 1 N–H and O–H groups in total. The van der Waals surface area contributed by atoms with Crippen LogP contribution in [0.2, 0.25) is 0 Å². The van der Waals surface area contributed by atoms with Crippen molar-refractivity contribution in [3.8, 4) is 5.69 Å². The maximum atomic E-state index is 13.4. The van der Waals surface area contributed by atoms with Gasteiger partial charge in [0, 0.05) is 19.6 Å². The van der Waals surface area contributed by atoms with Gasteiger partial charge in [0.05, 0.1) is 24.9 Å². The smallest absolute Gasteiger partial charge is 0.247 e. The molecule has 3 aromatic rings. The predicted octanol–water partition coefficient (Wildman–Crippen LogP) is 2.29. The fourth-order valence-electron chi connectivity index (χ4n) is 3.26. The summed E-state index contributed by atoms with van der Waals surface area (Å²) in [4.78, 5) is 2.33. The van der Waals surface area contributed by atoms with Crippen LogP contribution in [0.4, 0.5) is 10.3 Å². The van der Waals surface area contributed by atoms with Crippen LogP contribution in [0.1, 0.15) is 11.6 Å². The summed E-state index contributed by atoms with van der Waals surface area (Å²) in [6.07, 6.45) is 0. The highest BCUT2D eigenvalue weighted by Crippen LogP contribution is 2.23. The van der Waals surface area contributed by atoms with Gasteiger partial charge in [0.15, 0.2) is 0 Å². The summed E-state index contributed by atoms with van der Waals surface area (Å²) in [5, 5.41) is 15.3. The van der Waals surface area contributed by atoms with Crippen molar-refractivity contribution in [2.75, 3.05) is 38.2 Å². The summed E-state index contributed by atoms with van der Waals surface area (Å²) in [5.41, 5.74) is 1.93. The first-order valence-electron chi connectivity index (χ1n) is 8.96. The van der Waals surface area contributed by atoms with Crippen LogP contribution in [0.15, 0.2) is 54.6 Å². The molecular formula is C19H21FN6O. The van der Waals surface area contributed by atoms with E-state index in [9.17, 15) is 4.39 Å². The van der Waals surface area contributed by atoms with Crippen LogP contribution in [0, 0.1) is 5.82 Å². The van der Waals surface area contributed by atoms with Gasteiger partial charge >= 0.3 is 0 Å². The van der Waals surface area contributed by atoms with Crippen molar-refractivity contribution in [3.05, 3.63) is 66.0 Å². The molecule has 1 unspecified atom stereocenters. The van der Waals surface area contributed by atoms with Gasteiger partial charge in [-0.3, -0.25) is 4.90 Å². The summed E-state index contributed by atoms with van der Waals surface area (Å²) in [7, 11) is 0. The second-order valence-corrected chi connectivity index (χ2v) is 6.35. The maximum absolute atomic E-state index is 13.4. The standard InChI is InChI=1S/C19H21FN6O/c20-16-8-6-15(7-9-16)18(25-10-12-27-13-11-25)14-21-19-22-23-24-26(19)17-4-2-1-3-5-17/h1-9,18H,10-14H2,(H,21,22,24). The number of benzene rings is 2. The highest BCUT2D eigenvalue weighted by molar-refractivity contribution is 5.38. The molecule has 1 fully saturated rings. The maximum Gasteiger partial charge on any atom is 0.247 e. The summed E-state index contributed by atoms with van der Waals surface area (Å²) in [5.74, 6) is 0.335. The Labute approximate surface area is 156 Å². The lowest BCUT2D eigenvalue weighted by Gasteiger charge is -2.35. The number of tetrazole rings is 1. The highest BCUT2D eigenvalue weighted by atomic mass is 19.1. The minimum atomic E-state index is -0.236.